The van der Waals surface area contributed by atoms with Crippen molar-refractivity contribution in [1.82, 2.24) is 9.78 Å². The van der Waals surface area contributed by atoms with Gasteiger partial charge in [0.2, 0.25) is 0 Å². The van der Waals surface area contributed by atoms with E-state index in [1.54, 1.807) is 7.11 Å². The van der Waals surface area contributed by atoms with Crippen LogP contribution in [0.5, 0.6) is 0 Å². The standard InChI is InChI=1S/C13H17N3O/c1-10-12(9-17-2)15-16(13(10)14)8-11-6-4-3-5-7-11/h3-7H,8-9,14H2,1-2H3. The van der Waals surface area contributed by atoms with E-state index in [9.17, 15) is 0 Å². The van der Waals surface area contributed by atoms with Crippen molar-refractivity contribution in [2.24, 2.45) is 0 Å². The molecule has 0 radical (unpaired) electrons. The topological polar surface area (TPSA) is 53.1 Å². The highest BCUT2D eigenvalue weighted by atomic mass is 16.5. The molecule has 0 fully saturated rings. The summed E-state index contributed by atoms with van der Waals surface area (Å²) >= 11 is 0. The van der Waals surface area contributed by atoms with Gasteiger partial charge in [0, 0.05) is 12.7 Å². The number of methoxy groups -OCH3 is 1. The van der Waals surface area contributed by atoms with Crippen molar-refractivity contribution in [2.45, 2.75) is 20.1 Å². The molecule has 0 aliphatic carbocycles. The van der Waals surface area contributed by atoms with Gasteiger partial charge in [-0.25, -0.2) is 4.68 Å². The molecule has 0 spiro atoms. The second-order valence-corrected chi connectivity index (χ2v) is 4.03. The molecule has 2 rings (SSSR count). The van der Waals surface area contributed by atoms with E-state index in [1.807, 2.05) is 29.8 Å². The summed E-state index contributed by atoms with van der Waals surface area (Å²) in [6.45, 7) is 3.16. The quantitative estimate of drug-likeness (QED) is 0.875. The highest BCUT2D eigenvalue weighted by Crippen LogP contribution is 2.17. The summed E-state index contributed by atoms with van der Waals surface area (Å²) in [7, 11) is 1.66. The monoisotopic (exact) mass is 231 g/mol. The minimum Gasteiger partial charge on any atom is -0.384 e. The number of hydrogen-bond acceptors (Lipinski definition) is 3. The Morgan fingerprint density at radius 3 is 2.65 bits per heavy atom. The van der Waals surface area contributed by atoms with Gasteiger partial charge in [-0.2, -0.15) is 5.10 Å². The van der Waals surface area contributed by atoms with Gasteiger partial charge in [0.25, 0.3) is 0 Å². The lowest BCUT2D eigenvalue weighted by atomic mass is 10.2. The number of anilines is 1. The first-order valence-electron chi connectivity index (χ1n) is 5.57. The van der Waals surface area contributed by atoms with Gasteiger partial charge in [-0.1, -0.05) is 30.3 Å². The third-order valence-electron chi connectivity index (χ3n) is 2.79. The molecule has 0 atom stereocenters. The zero-order chi connectivity index (χ0) is 12.3. The molecule has 1 heterocycles. The molecule has 4 nitrogen and oxygen atoms in total. The Bertz CT molecular complexity index is 491. The summed E-state index contributed by atoms with van der Waals surface area (Å²) < 4.78 is 6.91. The molecule has 2 aromatic rings. The number of rotatable bonds is 4. The smallest absolute Gasteiger partial charge is 0.125 e. The van der Waals surface area contributed by atoms with Crippen molar-refractivity contribution in [3.05, 3.63) is 47.2 Å². The molecule has 0 bridgehead atoms. The third-order valence-corrected chi connectivity index (χ3v) is 2.79. The van der Waals surface area contributed by atoms with Gasteiger partial charge < -0.3 is 10.5 Å². The molecule has 1 aromatic carbocycles. The molecular formula is C13H17N3O. The molecule has 17 heavy (non-hydrogen) atoms. The lowest BCUT2D eigenvalue weighted by Crippen LogP contribution is -2.06. The van der Waals surface area contributed by atoms with E-state index >= 15 is 0 Å². The van der Waals surface area contributed by atoms with Crippen molar-refractivity contribution in [3.63, 3.8) is 0 Å². The fraction of sp³-hybridized carbons (Fsp3) is 0.308. The predicted octanol–water partition coefficient (Wildman–Crippen LogP) is 1.97. The van der Waals surface area contributed by atoms with Gasteiger partial charge in [-0.3, -0.25) is 0 Å². The van der Waals surface area contributed by atoms with Gasteiger partial charge >= 0.3 is 0 Å². The first-order chi connectivity index (χ1) is 8.22. The molecule has 1 aromatic heterocycles. The Morgan fingerprint density at radius 1 is 1.29 bits per heavy atom. The number of nitrogens with zero attached hydrogens (tertiary/aromatic N) is 2. The minimum atomic E-state index is 0.498. The van der Waals surface area contributed by atoms with E-state index in [2.05, 4.69) is 17.2 Å². The lowest BCUT2D eigenvalue weighted by molar-refractivity contribution is 0.180. The zero-order valence-electron chi connectivity index (χ0n) is 10.2. The number of nitrogen functional groups attached to an aromatic ring is 1. The lowest BCUT2D eigenvalue weighted by Gasteiger charge is -2.04. The van der Waals surface area contributed by atoms with Crippen LogP contribution in [0.1, 0.15) is 16.8 Å². The van der Waals surface area contributed by atoms with Gasteiger partial charge in [0.15, 0.2) is 0 Å². The van der Waals surface area contributed by atoms with Crippen LogP contribution in [0.3, 0.4) is 0 Å². The normalized spacial score (nSPS) is 10.7. The van der Waals surface area contributed by atoms with Crippen molar-refractivity contribution >= 4 is 5.82 Å². The largest absolute Gasteiger partial charge is 0.384 e. The SMILES string of the molecule is COCc1nn(Cc2ccccc2)c(N)c1C. The fourth-order valence-corrected chi connectivity index (χ4v) is 1.77. The van der Waals surface area contributed by atoms with Crippen LogP contribution >= 0.6 is 0 Å². The summed E-state index contributed by atoms with van der Waals surface area (Å²) in [5.41, 5.74) is 9.12. The molecule has 0 unspecified atom stereocenters. The summed E-state index contributed by atoms with van der Waals surface area (Å²) in [5, 5.41) is 4.46. The zero-order valence-corrected chi connectivity index (χ0v) is 10.2. The molecule has 0 aliphatic rings. The van der Waals surface area contributed by atoms with Crippen molar-refractivity contribution in [1.29, 1.82) is 0 Å². The number of nitrogens with two attached hydrogens (primary N) is 1. The number of ether oxygens (including phenoxy) is 1. The van der Waals surface area contributed by atoms with E-state index in [-0.39, 0.29) is 0 Å². The second kappa shape index (κ2) is 5.01. The summed E-state index contributed by atoms with van der Waals surface area (Å²) in [5.74, 6) is 0.709. The molecule has 2 N–H and O–H groups in total. The fourth-order valence-electron chi connectivity index (χ4n) is 1.77. The Morgan fingerprint density at radius 2 is 2.00 bits per heavy atom. The molecule has 0 aliphatic heterocycles. The Hall–Kier alpha value is -1.81. The summed E-state index contributed by atoms with van der Waals surface area (Å²) in [6.07, 6.45) is 0. The molecule has 4 heteroatoms. The van der Waals surface area contributed by atoms with E-state index in [1.165, 1.54) is 5.56 Å². The summed E-state index contributed by atoms with van der Waals surface area (Å²) in [4.78, 5) is 0. The Kier molecular flexibility index (Phi) is 3.44. The average molecular weight is 231 g/mol. The van der Waals surface area contributed by atoms with Gasteiger partial charge in [-0.05, 0) is 12.5 Å². The third kappa shape index (κ3) is 2.47. The molecule has 90 valence electrons. The minimum absolute atomic E-state index is 0.498. The molecule has 0 saturated carbocycles. The van der Waals surface area contributed by atoms with Crippen LogP contribution < -0.4 is 5.73 Å². The van der Waals surface area contributed by atoms with Gasteiger partial charge in [0.05, 0.1) is 18.8 Å². The van der Waals surface area contributed by atoms with E-state index in [0.717, 1.165) is 11.3 Å². The number of benzene rings is 1. The van der Waals surface area contributed by atoms with E-state index in [0.29, 0.717) is 19.0 Å². The number of hydrogen-bond donors (Lipinski definition) is 1. The van der Waals surface area contributed by atoms with Crippen LogP contribution in [0.2, 0.25) is 0 Å². The number of aromatic nitrogens is 2. The van der Waals surface area contributed by atoms with E-state index < -0.39 is 0 Å². The highest BCUT2D eigenvalue weighted by molar-refractivity contribution is 5.42. The Labute approximate surface area is 101 Å². The second-order valence-electron chi connectivity index (χ2n) is 4.03. The van der Waals surface area contributed by atoms with Crippen molar-refractivity contribution in [3.8, 4) is 0 Å². The van der Waals surface area contributed by atoms with Crippen LogP contribution in [0.25, 0.3) is 0 Å². The van der Waals surface area contributed by atoms with Crippen LogP contribution in [0.4, 0.5) is 5.82 Å². The van der Waals surface area contributed by atoms with Gasteiger partial charge in [-0.15, -0.1) is 0 Å². The first-order valence-corrected chi connectivity index (χ1v) is 5.57. The molecule has 0 saturated heterocycles. The highest BCUT2D eigenvalue weighted by Gasteiger charge is 2.11. The Balaban J connectivity index is 2.25. The van der Waals surface area contributed by atoms with Crippen LogP contribution in [-0.2, 0) is 17.9 Å². The maximum Gasteiger partial charge on any atom is 0.125 e. The van der Waals surface area contributed by atoms with E-state index in [4.69, 9.17) is 10.5 Å². The molecular weight excluding hydrogens is 214 g/mol. The first kappa shape index (κ1) is 11.7. The summed E-state index contributed by atoms with van der Waals surface area (Å²) in [6, 6.07) is 10.1. The maximum atomic E-state index is 6.03. The van der Waals surface area contributed by atoms with Crippen molar-refractivity contribution < 1.29 is 4.74 Å². The van der Waals surface area contributed by atoms with Crippen LogP contribution in [0, 0.1) is 6.92 Å². The predicted molar refractivity (Wildman–Crippen MR) is 67.6 cm³/mol. The average Bonchev–Trinajstić information content (AvgIpc) is 2.60. The van der Waals surface area contributed by atoms with Gasteiger partial charge in [0.1, 0.15) is 5.82 Å². The molecule has 0 amide bonds. The maximum absolute atomic E-state index is 6.03. The van der Waals surface area contributed by atoms with Crippen molar-refractivity contribution in [2.75, 3.05) is 12.8 Å². The van der Waals surface area contributed by atoms with Crippen LogP contribution in [0.15, 0.2) is 30.3 Å². The van der Waals surface area contributed by atoms with Crippen LogP contribution in [-0.4, -0.2) is 16.9 Å².